The Balaban J connectivity index is 2.23. The van der Waals surface area contributed by atoms with Crippen molar-refractivity contribution in [2.45, 2.75) is 31.0 Å². The molecule has 0 aromatic heterocycles. The molecular weight excluding hydrogens is 304 g/mol. The molecule has 0 spiro atoms. The monoisotopic (exact) mass is 316 g/mol. The van der Waals surface area contributed by atoms with Gasteiger partial charge in [-0.25, -0.2) is 0 Å². The zero-order valence-corrected chi connectivity index (χ0v) is 11.4. The number of aryl methyl sites for hydroxylation is 1. The van der Waals surface area contributed by atoms with Crippen LogP contribution in [0.5, 0.6) is 0 Å². The minimum absolute atomic E-state index is 0.638. The van der Waals surface area contributed by atoms with Crippen molar-refractivity contribution in [3.05, 3.63) is 33.8 Å². The predicted molar refractivity (Wildman–Crippen MR) is 68.0 cm³/mol. The Morgan fingerprint density at radius 1 is 1.36 bits per heavy atom. The maximum Gasteiger partial charge on any atom is 0.0178 e. The number of hydrogen-bond acceptors (Lipinski definition) is 0. The first-order chi connectivity index (χ1) is 6.66. The van der Waals surface area contributed by atoms with Gasteiger partial charge in [-0.05, 0) is 48.4 Å². The smallest absolute Gasteiger partial charge is 0.0178 e. The van der Waals surface area contributed by atoms with E-state index in [4.69, 9.17) is 0 Å². The van der Waals surface area contributed by atoms with Crippen LogP contribution in [0.3, 0.4) is 0 Å². The summed E-state index contributed by atoms with van der Waals surface area (Å²) in [6, 6.07) is 6.69. The van der Waals surface area contributed by atoms with Gasteiger partial charge in [-0.15, -0.1) is 0 Å². The van der Waals surface area contributed by atoms with Crippen LogP contribution in [-0.2, 0) is 12.8 Å². The highest BCUT2D eigenvalue weighted by molar-refractivity contribution is 9.10. The Morgan fingerprint density at radius 3 is 2.86 bits per heavy atom. The van der Waals surface area contributed by atoms with Gasteiger partial charge in [0.15, 0.2) is 0 Å². The Bertz CT molecular complexity index is 331. The van der Waals surface area contributed by atoms with Crippen LogP contribution in [-0.4, -0.2) is 4.83 Å². The van der Waals surface area contributed by atoms with Gasteiger partial charge >= 0.3 is 0 Å². The number of alkyl halides is 1. The molecule has 0 saturated carbocycles. The summed E-state index contributed by atoms with van der Waals surface area (Å²) < 4.78 is 1.21. The third-order valence-corrected chi connectivity index (χ3v) is 4.33. The highest BCUT2D eigenvalue weighted by atomic mass is 79.9. The maximum atomic E-state index is 3.69. The Morgan fingerprint density at radius 2 is 2.14 bits per heavy atom. The van der Waals surface area contributed by atoms with Crippen LogP contribution >= 0.6 is 31.9 Å². The van der Waals surface area contributed by atoms with Crippen molar-refractivity contribution in [2.75, 3.05) is 0 Å². The number of rotatable bonds is 1. The SMILES string of the molecule is CC(Br)C1CCc2cc(Br)ccc2C1. The molecule has 2 atom stereocenters. The molecular formula is C12H14Br2. The second-order valence-corrected chi connectivity index (χ2v) is 6.45. The minimum atomic E-state index is 0.638. The lowest BCUT2D eigenvalue weighted by Crippen LogP contribution is -2.20. The number of benzene rings is 1. The number of hydrogen-bond donors (Lipinski definition) is 0. The molecule has 0 saturated heterocycles. The Hall–Kier alpha value is 0.180. The molecule has 0 amide bonds. The predicted octanol–water partition coefficient (Wildman–Crippen LogP) is 4.34. The van der Waals surface area contributed by atoms with Crippen LogP contribution in [0.2, 0.25) is 0 Å². The highest BCUT2D eigenvalue weighted by Crippen LogP contribution is 2.31. The van der Waals surface area contributed by atoms with Crippen molar-refractivity contribution in [1.29, 1.82) is 0 Å². The lowest BCUT2D eigenvalue weighted by Gasteiger charge is -2.26. The molecule has 0 nitrogen and oxygen atoms in total. The third-order valence-electron chi connectivity index (χ3n) is 3.08. The van der Waals surface area contributed by atoms with Gasteiger partial charge in [0.1, 0.15) is 0 Å². The Labute approximate surface area is 102 Å². The van der Waals surface area contributed by atoms with Crippen LogP contribution < -0.4 is 0 Å². The van der Waals surface area contributed by atoms with Crippen LogP contribution in [0.1, 0.15) is 24.5 Å². The molecule has 1 aliphatic rings. The molecule has 0 heterocycles. The van der Waals surface area contributed by atoms with Crippen molar-refractivity contribution in [2.24, 2.45) is 5.92 Å². The molecule has 0 aliphatic heterocycles. The summed E-state index contributed by atoms with van der Waals surface area (Å²) in [5.74, 6) is 0.809. The molecule has 76 valence electrons. The molecule has 1 aromatic carbocycles. The van der Waals surface area contributed by atoms with E-state index in [9.17, 15) is 0 Å². The average molecular weight is 318 g/mol. The lowest BCUT2D eigenvalue weighted by atomic mass is 9.83. The summed E-state index contributed by atoms with van der Waals surface area (Å²) in [4.78, 5) is 0.638. The topological polar surface area (TPSA) is 0 Å². The first kappa shape index (κ1) is 10.7. The molecule has 14 heavy (non-hydrogen) atoms. The van der Waals surface area contributed by atoms with Gasteiger partial charge in [0, 0.05) is 9.30 Å². The molecule has 1 aromatic rings. The van der Waals surface area contributed by atoms with Crippen LogP contribution in [0.4, 0.5) is 0 Å². The largest absolute Gasteiger partial charge is 0.0891 e. The van der Waals surface area contributed by atoms with E-state index < -0.39 is 0 Å². The quantitative estimate of drug-likeness (QED) is 0.676. The van der Waals surface area contributed by atoms with Gasteiger partial charge in [-0.3, -0.25) is 0 Å². The fraction of sp³-hybridized carbons (Fsp3) is 0.500. The van der Waals surface area contributed by atoms with E-state index in [1.165, 1.54) is 34.9 Å². The first-order valence-electron chi connectivity index (χ1n) is 5.08. The van der Waals surface area contributed by atoms with E-state index in [1.54, 1.807) is 0 Å². The third kappa shape index (κ3) is 2.22. The van der Waals surface area contributed by atoms with Gasteiger partial charge in [0.25, 0.3) is 0 Å². The summed E-state index contributed by atoms with van der Waals surface area (Å²) in [5.41, 5.74) is 3.07. The fourth-order valence-corrected chi connectivity index (χ4v) is 3.00. The summed E-state index contributed by atoms with van der Waals surface area (Å²) >= 11 is 7.22. The number of halogens is 2. The summed E-state index contributed by atoms with van der Waals surface area (Å²) in [7, 11) is 0. The van der Waals surface area contributed by atoms with Crippen LogP contribution in [0.15, 0.2) is 22.7 Å². The molecule has 0 radical (unpaired) electrons. The van der Waals surface area contributed by atoms with Crippen molar-refractivity contribution < 1.29 is 0 Å². The molecule has 0 bridgehead atoms. The standard InChI is InChI=1S/C12H14Br2/c1-8(13)9-2-3-11-7-12(14)5-4-10(11)6-9/h4-5,7-9H,2-3,6H2,1H3. The highest BCUT2D eigenvalue weighted by Gasteiger charge is 2.21. The second-order valence-electron chi connectivity index (χ2n) is 4.09. The van der Waals surface area contributed by atoms with E-state index in [1.807, 2.05) is 0 Å². The van der Waals surface area contributed by atoms with E-state index >= 15 is 0 Å². The van der Waals surface area contributed by atoms with Gasteiger partial charge in [-0.1, -0.05) is 44.8 Å². The lowest BCUT2D eigenvalue weighted by molar-refractivity contribution is 0.460. The van der Waals surface area contributed by atoms with Crippen LogP contribution in [0, 0.1) is 5.92 Å². The van der Waals surface area contributed by atoms with E-state index in [0.29, 0.717) is 4.83 Å². The zero-order chi connectivity index (χ0) is 10.1. The molecule has 2 rings (SSSR count). The summed E-state index contributed by atoms with van der Waals surface area (Å²) in [6.45, 7) is 2.26. The van der Waals surface area contributed by atoms with Gasteiger partial charge < -0.3 is 0 Å². The van der Waals surface area contributed by atoms with Crippen LogP contribution in [0.25, 0.3) is 0 Å². The fourth-order valence-electron chi connectivity index (χ4n) is 2.14. The van der Waals surface area contributed by atoms with Gasteiger partial charge in [0.2, 0.25) is 0 Å². The average Bonchev–Trinajstić information content (AvgIpc) is 2.16. The number of fused-ring (bicyclic) bond motifs is 1. The molecule has 2 unspecified atom stereocenters. The zero-order valence-electron chi connectivity index (χ0n) is 8.26. The second kappa shape index (κ2) is 4.36. The maximum absolute atomic E-state index is 3.69. The van der Waals surface area contributed by atoms with Crippen molar-refractivity contribution in [3.8, 4) is 0 Å². The summed E-state index contributed by atoms with van der Waals surface area (Å²) in [6.07, 6.45) is 3.78. The van der Waals surface area contributed by atoms with Gasteiger partial charge in [0.05, 0.1) is 0 Å². The molecule has 0 N–H and O–H groups in total. The van der Waals surface area contributed by atoms with E-state index in [2.05, 4.69) is 57.0 Å². The Kier molecular flexibility index (Phi) is 3.33. The molecule has 2 heteroatoms. The molecule has 1 aliphatic carbocycles. The van der Waals surface area contributed by atoms with Crippen molar-refractivity contribution in [3.63, 3.8) is 0 Å². The molecule has 0 fully saturated rings. The van der Waals surface area contributed by atoms with Crippen molar-refractivity contribution in [1.82, 2.24) is 0 Å². The first-order valence-corrected chi connectivity index (χ1v) is 6.79. The van der Waals surface area contributed by atoms with E-state index in [0.717, 1.165) is 5.92 Å². The normalized spacial score (nSPS) is 22.9. The summed E-state index contributed by atoms with van der Waals surface area (Å²) in [5, 5.41) is 0. The minimum Gasteiger partial charge on any atom is -0.0891 e. The van der Waals surface area contributed by atoms with E-state index in [-0.39, 0.29) is 0 Å². The van der Waals surface area contributed by atoms with Gasteiger partial charge in [-0.2, -0.15) is 0 Å². The van der Waals surface area contributed by atoms with Crippen molar-refractivity contribution >= 4 is 31.9 Å².